The van der Waals surface area contributed by atoms with E-state index in [4.69, 9.17) is 15.3 Å². The predicted molar refractivity (Wildman–Crippen MR) is 65.4 cm³/mol. The third-order valence-corrected chi connectivity index (χ3v) is 3.60. The van der Waals surface area contributed by atoms with E-state index in [9.17, 15) is 4.79 Å². The topological polar surface area (TPSA) is 76.5 Å². The number of anilines is 1. The van der Waals surface area contributed by atoms with Crippen molar-refractivity contribution in [1.29, 1.82) is 0 Å². The molecule has 0 radical (unpaired) electrons. The number of aromatic carboxylic acids is 1. The fourth-order valence-electron chi connectivity index (χ4n) is 1.43. The molecule has 5 heteroatoms. The van der Waals surface area contributed by atoms with Gasteiger partial charge in [-0.25, -0.2) is 4.79 Å². The number of carbonyl (C=O) groups is 1. The highest BCUT2D eigenvalue weighted by Gasteiger charge is 2.15. The number of carboxylic acid groups (broad SMARTS) is 1. The summed E-state index contributed by atoms with van der Waals surface area (Å²) in [5.41, 5.74) is 6.47. The van der Waals surface area contributed by atoms with Gasteiger partial charge >= 0.3 is 5.97 Å². The molecular formula is C12H11NO3S. The molecular weight excluding hydrogens is 238 g/mol. The molecule has 0 aliphatic carbocycles. The highest BCUT2D eigenvalue weighted by atomic mass is 32.2. The molecule has 3 N–H and O–H groups in total. The SMILES string of the molecule is Cc1occc1Sc1c(N)cccc1C(=O)O. The van der Waals surface area contributed by atoms with Gasteiger partial charge in [0.1, 0.15) is 5.76 Å². The molecule has 0 bridgehead atoms. The highest BCUT2D eigenvalue weighted by Crippen LogP contribution is 2.36. The van der Waals surface area contributed by atoms with Gasteiger partial charge in [0.25, 0.3) is 0 Å². The van der Waals surface area contributed by atoms with E-state index in [2.05, 4.69) is 0 Å². The van der Waals surface area contributed by atoms with Crippen molar-refractivity contribution in [3.63, 3.8) is 0 Å². The lowest BCUT2D eigenvalue weighted by atomic mass is 10.2. The molecule has 0 spiro atoms. The lowest BCUT2D eigenvalue weighted by Crippen LogP contribution is -2.01. The summed E-state index contributed by atoms with van der Waals surface area (Å²) >= 11 is 1.30. The van der Waals surface area contributed by atoms with E-state index in [1.807, 2.05) is 6.92 Å². The average molecular weight is 249 g/mol. The van der Waals surface area contributed by atoms with Crippen LogP contribution in [0.15, 0.2) is 44.7 Å². The van der Waals surface area contributed by atoms with Gasteiger partial charge in [-0.2, -0.15) is 0 Å². The summed E-state index contributed by atoms with van der Waals surface area (Å²) in [4.78, 5) is 12.5. The third-order valence-electron chi connectivity index (χ3n) is 2.30. The molecule has 0 unspecified atom stereocenters. The minimum absolute atomic E-state index is 0.204. The van der Waals surface area contributed by atoms with Crippen molar-refractivity contribution in [3.8, 4) is 0 Å². The molecule has 1 aromatic carbocycles. The molecule has 88 valence electrons. The molecule has 2 aromatic rings. The van der Waals surface area contributed by atoms with Crippen LogP contribution in [-0.4, -0.2) is 11.1 Å². The fraction of sp³-hybridized carbons (Fsp3) is 0.0833. The normalized spacial score (nSPS) is 10.4. The molecule has 1 heterocycles. The number of nitrogen functional groups attached to an aromatic ring is 1. The van der Waals surface area contributed by atoms with Crippen LogP contribution in [0.1, 0.15) is 16.1 Å². The van der Waals surface area contributed by atoms with Gasteiger partial charge in [0.05, 0.1) is 16.7 Å². The molecule has 0 aliphatic rings. The number of aryl methyl sites for hydroxylation is 1. The summed E-state index contributed by atoms with van der Waals surface area (Å²) in [6.45, 7) is 1.82. The lowest BCUT2D eigenvalue weighted by Gasteiger charge is -2.07. The van der Waals surface area contributed by atoms with Gasteiger partial charge in [0, 0.05) is 10.6 Å². The van der Waals surface area contributed by atoms with Crippen LogP contribution in [0.25, 0.3) is 0 Å². The maximum Gasteiger partial charge on any atom is 0.336 e. The van der Waals surface area contributed by atoms with Gasteiger partial charge in [-0.05, 0) is 25.1 Å². The quantitative estimate of drug-likeness (QED) is 0.818. The molecule has 2 rings (SSSR count). The number of hydrogen-bond acceptors (Lipinski definition) is 4. The van der Waals surface area contributed by atoms with Gasteiger partial charge in [-0.3, -0.25) is 0 Å². The van der Waals surface area contributed by atoms with Gasteiger partial charge < -0.3 is 15.3 Å². The van der Waals surface area contributed by atoms with Gasteiger partial charge in [0.2, 0.25) is 0 Å². The minimum atomic E-state index is -0.985. The summed E-state index contributed by atoms with van der Waals surface area (Å²) in [6.07, 6.45) is 1.57. The van der Waals surface area contributed by atoms with Gasteiger partial charge in [-0.1, -0.05) is 17.8 Å². The third kappa shape index (κ3) is 2.29. The zero-order chi connectivity index (χ0) is 12.4. The van der Waals surface area contributed by atoms with Crippen LogP contribution >= 0.6 is 11.8 Å². The van der Waals surface area contributed by atoms with Crippen LogP contribution < -0.4 is 5.73 Å². The number of nitrogens with two attached hydrogens (primary N) is 1. The lowest BCUT2D eigenvalue weighted by molar-refractivity contribution is 0.0693. The summed E-state index contributed by atoms with van der Waals surface area (Å²) < 4.78 is 5.17. The Hall–Kier alpha value is -1.88. The molecule has 0 saturated heterocycles. The van der Waals surface area contributed by atoms with E-state index in [1.165, 1.54) is 17.8 Å². The number of carboxylic acids is 1. The van der Waals surface area contributed by atoms with Crippen molar-refractivity contribution in [1.82, 2.24) is 0 Å². The smallest absolute Gasteiger partial charge is 0.336 e. The summed E-state index contributed by atoms with van der Waals surface area (Å²) in [7, 11) is 0. The Morgan fingerprint density at radius 3 is 2.76 bits per heavy atom. The van der Waals surface area contributed by atoms with Crippen LogP contribution in [-0.2, 0) is 0 Å². The van der Waals surface area contributed by atoms with E-state index in [0.29, 0.717) is 10.6 Å². The Bertz CT molecular complexity index is 563. The fourth-order valence-corrected chi connectivity index (χ4v) is 2.41. The first-order valence-corrected chi connectivity index (χ1v) is 5.75. The van der Waals surface area contributed by atoms with Crippen molar-refractivity contribution in [2.24, 2.45) is 0 Å². The van der Waals surface area contributed by atoms with E-state index < -0.39 is 5.97 Å². The van der Waals surface area contributed by atoms with Gasteiger partial charge in [-0.15, -0.1) is 0 Å². The molecule has 0 atom stereocenters. The maximum absolute atomic E-state index is 11.1. The highest BCUT2D eigenvalue weighted by molar-refractivity contribution is 7.99. The molecule has 0 saturated carbocycles. The first-order valence-electron chi connectivity index (χ1n) is 4.93. The maximum atomic E-state index is 11.1. The van der Waals surface area contributed by atoms with Crippen LogP contribution in [0, 0.1) is 6.92 Å². The van der Waals surface area contributed by atoms with Crippen molar-refractivity contribution in [2.45, 2.75) is 16.7 Å². The summed E-state index contributed by atoms with van der Waals surface area (Å²) in [6, 6.07) is 6.64. The van der Waals surface area contributed by atoms with Crippen molar-refractivity contribution in [3.05, 3.63) is 41.9 Å². The zero-order valence-electron chi connectivity index (χ0n) is 9.14. The minimum Gasteiger partial charge on any atom is -0.478 e. The second-order valence-corrected chi connectivity index (χ2v) is 4.52. The predicted octanol–water partition coefficient (Wildman–Crippen LogP) is 3.02. The second-order valence-electron chi connectivity index (χ2n) is 3.47. The molecule has 0 aliphatic heterocycles. The van der Waals surface area contributed by atoms with Crippen LogP contribution in [0.2, 0.25) is 0 Å². The van der Waals surface area contributed by atoms with Crippen molar-refractivity contribution >= 4 is 23.4 Å². The van der Waals surface area contributed by atoms with Crippen molar-refractivity contribution < 1.29 is 14.3 Å². The molecule has 17 heavy (non-hydrogen) atoms. The monoisotopic (exact) mass is 249 g/mol. The summed E-state index contributed by atoms with van der Waals surface area (Å²) in [5, 5.41) is 9.10. The van der Waals surface area contributed by atoms with Crippen LogP contribution in [0.3, 0.4) is 0 Å². The molecule has 1 aromatic heterocycles. The molecule has 4 nitrogen and oxygen atoms in total. The Morgan fingerprint density at radius 1 is 1.41 bits per heavy atom. The first kappa shape index (κ1) is 11.6. The Labute approximate surface area is 102 Å². The first-order chi connectivity index (χ1) is 8.09. The number of benzene rings is 1. The zero-order valence-corrected chi connectivity index (χ0v) is 9.95. The Morgan fingerprint density at radius 2 is 2.18 bits per heavy atom. The second kappa shape index (κ2) is 4.55. The number of rotatable bonds is 3. The number of hydrogen-bond donors (Lipinski definition) is 2. The van der Waals surface area contributed by atoms with E-state index >= 15 is 0 Å². The Balaban J connectivity index is 2.45. The average Bonchev–Trinajstić information content (AvgIpc) is 2.67. The van der Waals surface area contributed by atoms with E-state index in [1.54, 1.807) is 24.5 Å². The largest absolute Gasteiger partial charge is 0.478 e. The number of furan rings is 1. The molecule has 0 fully saturated rings. The summed E-state index contributed by atoms with van der Waals surface area (Å²) in [5.74, 6) is -0.240. The van der Waals surface area contributed by atoms with Crippen LogP contribution in [0.5, 0.6) is 0 Å². The van der Waals surface area contributed by atoms with Crippen molar-refractivity contribution in [2.75, 3.05) is 5.73 Å². The van der Waals surface area contributed by atoms with E-state index in [0.717, 1.165) is 10.7 Å². The standard InChI is InChI=1S/C12H11NO3S/c1-7-10(5-6-16-7)17-11-8(12(14)15)3-2-4-9(11)13/h2-6H,13H2,1H3,(H,14,15). The van der Waals surface area contributed by atoms with E-state index in [-0.39, 0.29) is 5.56 Å². The van der Waals surface area contributed by atoms with Gasteiger partial charge in [0.15, 0.2) is 0 Å². The Kier molecular flexibility index (Phi) is 3.10. The molecule has 0 amide bonds. The van der Waals surface area contributed by atoms with Crippen LogP contribution in [0.4, 0.5) is 5.69 Å².